The Hall–Kier alpha value is -2.25. The van der Waals surface area contributed by atoms with Crippen LogP contribution >= 0.6 is 11.3 Å². The molecule has 0 radical (unpaired) electrons. The van der Waals surface area contributed by atoms with Gasteiger partial charge in [0.1, 0.15) is 30.4 Å². The summed E-state index contributed by atoms with van der Waals surface area (Å²) in [6, 6.07) is 6.34. The molecule has 0 bridgehead atoms. The SMILES string of the molecule is CO[C@H](c1ccc2c(c1)CN(C(=O)c1scc3c1OCCO3)CCO2)C1CCCCC1. The van der Waals surface area contributed by atoms with E-state index in [4.69, 9.17) is 18.9 Å². The monoisotopic (exact) mass is 443 g/mol. The highest BCUT2D eigenvalue weighted by molar-refractivity contribution is 7.12. The number of hydrogen-bond donors (Lipinski definition) is 0. The van der Waals surface area contributed by atoms with Crippen LogP contribution in [0, 0.1) is 5.92 Å². The fraction of sp³-hybridized carbons (Fsp3) is 0.542. The summed E-state index contributed by atoms with van der Waals surface area (Å²) in [4.78, 5) is 15.8. The summed E-state index contributed by atoms with van der Waals surface area (Å²) in [5.74, 6) is 2.62. The van der Waals surface area contributed by atoms with Crippen LogP contribution in [0.4, 0.5) is 0 Å². The average molecular weight is 444 g/mol. The third-order valence-electron chi connectivity index (χ3n) is 6.51. The molecule has 3 heterocycles. The van der Waals surface area contributed by atoms with Crippen LogP contribution in [0.2, 0.25) is 0 Å². The van der Waals surface area contributed by atoms with E-state index in [-0.39, 0.29) is 12.0 Å². The van der Waals surface area contributed by atoms with Gasteiger partial charge in [-0.25, -0.2) is 0 Å². The van der Waals surface area contributed by atoms with Gasteiger partial charge < -0.3 is 23.8 Å². The number of methoxy groups -OCH3 is 1. The lowest BCUT2D eigenvalue weighted by atomic mass is 9.82. The van der Waals surface area contributed by atoms with Gasteiger partial charge in [0.25, 0.3) is 5.91 Å². The smallest absolute Gasteiger partial charge is 0.268 e. The molecule has 7 heteroatoms. The summed E-state index contributed by atoms with van der Waals surface area (Å²) in [6.07, 6.45) is 6.39. The summed E-state index contributed by atoms with van der Waals surface area (Å²) in [5, 5.41) is 1.86. The molecular formula is C24H29NO5S. The first kappa shape index (κ1) is 20.6. The molecule has 166 valence electrons. The van der Waals surface area contributed by atoms with Crippen molar-refractivity contribution in [2.75, 3.05) is 33.5 Å². The molecule has 1 amide bonds. The van der Waals surface area contributed by atoms with Crippen molar-refractivity contribution in [3.8, 4) is 17.2 Å². The number of ether oxygens (including phenoxy) is 4. The number of benzene rings is 1. The number of rotatable bonds is 4. The summed E-state index contributed by atoms with van der Waals surface area (Å²) >= 11 is 1.38. The molecule has 6 nitrogen and oxygen atoms in total. The molecule has 1 aromatic heterocycles. The second-order valence-electron chi connectivity index (χ2n) is 8.45. The lowest BCUT2D eigenvalue weighted by Gasteiger charge is -2.30. The van der Waals surface area contributed by atoms with E-state index in [9.17, 15) is 4.79 Å². The standard InChI is InChI=1S/C24H29NO5S/c1-27-21(16-5-3-2-4-6-16)17-7-8-19-18(13-17)14-25(9-10-28-19)24(26)23-22-20(15-31-23)29-11-12-30-22/h7-8,13,15-16,21H,2-6,9-12,14H2,1H3/t21-/m0/s1. The molecular weight excluding hydrogens is 414 g/mol. The van der Waals surface area contributed by atoms with E-state index >= 15 is 0 Å². The number of hydrogen-bond acceptors (Lipinski definition) is 6. The largest absolute Gasteiger partial charge is 0.491 e. The molecule has 1 fully saturated rings. The van der Waals surface area contributed by atoms with Crippen molar-refractivity contribution in [1.29, 1.82) is 0 Å². The van der Waals surface area contributed by atoms with Crippen LogP contribution < -0.4 is 14.2 Å². The van der Waals surface area contributed by atoms with Crippen LogP contribution in [0.5, 0.6) is 17.2 Å². The van der Waals surface area contributed by atoms with Gasteiger partial charge in [-0.15, -0.1) is 11.3 Å². The van der Waals surface area contributed by atoms with E-state index < -0.39 is 0 Å². The Kier molecular flexibility index (Phi) is 6.05. The fourth-order valence-corrected chi connectivity index (χ4v) is 5.85. The first-order valence-electron chi connectivity index (χ1n) is 11.2. The van der Waals surface area contributed by atoms with E-state index in [1.807, 2.05) is 16.3 Å². The van der Waals surface area contributed by atoms with Gasteiger partial charge in [0.15, 0.2) is 11.5 Å². The normalized spacial score (nSPS) is 19.8. The third kappa shape index (κ3) is 4.13. The number of amides is 1. The molecule has 0 unspecified atom stereocenters. The molecule has 31 heavy (non-hydrogen) atoms. The predicted molar refractivity (Wildman–Crippen MR) is 118 cm³/mol. The van der Waals surface area contributed by atoms with Crippen molar-refractivity contribution < 1.29 is 23.7 Å². The molecule has 1 atom stereocenters. The maximum atomic E-state index is 13.3. The molecule has 0 saturated heterocycles. The fourth-order valence-electron chi connectivity index (χ4n) is 4.96. The minimum absolute atomic E-state index is 0.0332. The third-order valence-corrected chi connectivity index (χ3v) is 7.44. The number of thiophene rings is 1. The van der Waals surface area contributed by atoms with Crippen molar-refractivity contribution in [1.82, 2.24) is 4.90 Å². The van der Waals surface area contributed by atoms with E-state index in [2.05, 4.69) is 12.1 Å². The molecule has 1 aliphatic carbocycles. The highest BCUT2D eigenvalue weighted by atomic mass is 32.1. The highest BCUT2D eigenvalue weighted by Crippen LogP contribution is 2.41. The predicted octanol–water partition coefficient (Wildman–Crippen LogP) is 4.82. The molecule has 1 saturated carbocycles. The summed E-state index contributed by atoms with van der Waals surface area (Å²) in [5.41, 5.74) is 2.21. The van der Waals surface area contributed by atoms with Gasteiger partial charge in [0.2, 0.25) is 0 Å². The molecule has 5 rings (SSSR count). The first-order valence-corrected chi connectivity index (χ1v) is 12.1. The van der Waals surface area contributed by atoms with Gasteiger partial charge in [-0.05, 0) is 36.5 Å². The summed E-state index contributed by atoms with van der Waals surface area (Å²) in [7, 11) is 1.80. The van der Waals surface area contributed by atoms with E-state index in [1.165, 1.54) is 49.0 Å². The van der Waals surface area contributed by atoms with Crippen LogP contribution in [-0.2, 0) is 11.3 Å². The van der Waals surface area contributed by atoms with Crippen LogP contribution in [0.1, 0.15) is 59.0 Å². The Morgan fingerprint density at radius 3 is 2.74 bits per heavy atom. The Balaban J connectivity index is 1.39. The zero-order valence-corrected chi connectivity index (χ0v) is 18.7. The lowest BCUT2D eigenvalue weighted by molar-refractivity contribution is 0.0353. The van der Waals surface area contributed by atoms with E-state index in [1.54, 1.807) is 7.11 Å². The lowest BCUT2D eigenvalue weighted by Crippen LogP contribution is -2.32. The van der Waals surface area contributed by atoms with Crippen LogP contribution in [0.3, 0.4) is 0 Å². The minimum atomic E-state index is -0.0332. The first-order chi connectivity index (χ1) is 15.2. The second kappa shape index (κ2) is 9.09. The number of fused-ring (bicyclic) bond motifs is 2. The quantitative estimate of drug-likeness (QED) is 0.678. The Bertz CT molecular complexity index is 936. The zero-order chi connectivity index (χ0) is 21.2. The Morgan fingerprint density at radius 1 is 1.10 bits per heavy atom. The number of carbonyl (C=O) groups excluding carboxylic acids is 1. The maximum Gasteiger partial charge on any atom is 0.268 e. The summed E-state index contributed by atoms with van der Waals surface area (Å²) < 4.78 is 23.3. The van der Waals surface area contributed by atoms with Crippen molar-refractivity contribution in [2.45, 2.75) is 44.8 Å². The minimum Gasteiger partial charge on any atom is -0.491 e. The van der Waals surface area contributed by atoms with Crippen molar-refractivity contribution >= 4 is 17.2 Å². The van der Waals surface area contributed by atoms with Crippen molar-refractivity contribution in [2.24, 2.45) is 5.92 Å². The van der Waals surface area contributed by atoms with Gasteiger partial charge in [0, 0.05) is 24.6 Å². The molecule has 0 N–H and O–H groups in total. The number of nitrogens with zero attached hydrogens (tertiary/aromatic N) is 1. The van der Waals surface area contributed by atoms with Crippen LogP contribution in [0.25, 0.3) is 0 Å². The van der Waals surface area contributed by atoms with Gasteiger partial charge in [-0.3, -0.25) is 4.79 Å². The molecule has 1 aromatic carbocycles. The topological polar surface area (TPSA) is 57.2 Å². The van der Waals surface area contributed by atoms with Gasteiger partial charge in [0.05, 0.1) is 12.6 Å². The summed E-state index contributed by atoms with van der Waals surface area (Å²) in [6.45, 7) is 2.51. The van der Waals surface area contributed by atoms with E-state index in [0.29, 0.717) is 55.2 Å². The Labute approximate surface area is 187 Å². The van der Waals surface area contributed by atoms with Gasteiger partial charge >= 0.3 is 0 Å². The van der Waals surface area contributed by atoms with Crippen LogP contribution in [-0.4, -0.2) is 44.3 Å². The molecule has 2 aliphatic heterocycles. The van der Waals surface area contributed by atoms with E-state index in [0.717, 1.165) is 11.3 Å². The molecule has 2 aromatic rings. The van der Waals surface area contributed by atoms with Gasteiger partial charge in [-0.2, -0.15) is 0 Å². The van der Waals surface area contributed by atoms with Crippen molar-refractivity contribution in [3.63, 3.8) is 0 Å². The molecule has 0 spiro atoms. The van der Waals surface area contributed by atoms with Crippen molar-refractivity contribution in [3.05, 3.63) is 39.6 Å². The average Bonchev–Trinajstić information content (AvgIpc) is 3.12. The highest BCUT2D eigenvalue weighted by Gasteiger charge is 2.30. The van der Waals surface area contributed by atoms with Crippen LogP contribution in [0.15, 0.2) is 23.6 Å². The van der Waals surface area contributed by atoms with Gasteiger partial charge in [-0.1, -0.05) is 25.3 Å². The zero-order valence-electron chi connectivity index (χ0n) is 17.9. The Morgan fingerprint density at radius 2 is 1.90 bits per heavy atom. The molecule has 3 aliphatic rings. The number of carbonyl (C=O) groups is 1. The second-order valence-corrected chi connectivity index (χ2v) is 9.33. The maximum absolute atomic E-state index is 13.3.